The Morgan fingerprint density at radius 1 is 1.23 bits per heavy atom. The Bertz CT molecular complexity index is 1040. The summed E-state index contributed by atoms with van der Waals surface area (Å²) in [6.07, 6.45) is 0. The van der Waals surface area contributed by atoms with Crippen LogP contribution in [0.1, 0.15) is 19.4 Å². The maximum absolute atomic E-state index is 11.3. The molecular formula is C18H21N5O5S2. The SMILES string of the molecule is CCN(CC)c1ccc(/N=N/c2nc3cc([NH+]([O-])O)c(C)cc3s2)c(SOOO)c1. The van der Waals surface area contributed by atoms with Gasteiger partial charge in [-0.25, -0.2) is 15.4 Å². The first-order chi connectivity index (χ1) is 14.5. The molecule has 2 aromatic carbocycles. The monoisotopic (exact) mass is 451 g/mol. The second-order valence-electron chi connectivity index (χ2n) is 6.19. The molecule has 3 rings (SSSR count). The fraction of sp³-hybridized carbons (Fsp3) is 0.278. The maximum Gasteiger partial charge on any atom is 0.231 e. The first-order valence-electron chi connectivity index (χ1n) is 9.06. The molecule has 1 heterocycles. The zero-order chi connectivity index (χ0) is 21.7. The van der Waals surface area contributed by atoms with Crippen LogP contribution in [0.5, 0.6) is 0 Å². The lowest BCUT2D eigenvalue weighted by Gasteiger charge is -2.21. The summed E-state index contributed by atoms with van der Waals surface area (Å²) in [7, 11) is 0. The van der Waals surface area contributed by atoms with E-state index in [0.717, 1.165) is 35.5 Å². The van der Waals surface area contributed by atoms with E-state index >= 15 is 0 Å². The number of benzene rings is 2. The van der Waals surface area contributed by atoms with Gasteiger partial charge in [-0.05, 0) is 45.0 Å². The number of thiazole rings is 1. The molecule has 0 bridgehead atoms. The summed E-state index contributed by atoms with van der Waals surface area (Å²) in [5, 5.41) is 40.7. The number of azo groups is 1. The number of hydrogen-bond acceptors (Lipinski definition) is 11. The lowest BCUT2D eigenvalue weighted by atomic mass is 10.2. The molecule has 0 amide bonds. The number of hydrogen-bond donors (Lipinski definition) is 3. The highest BCUT2D eigenvalue weighted by Crippen LogP contribution is 2.36. The van der Waals surface area contributed by atoms with Crippen LogP contribution in [0.3, 0.4) is 0 Å². The minimum absolute atomic E-state index is 0.211. The van der Waals surface area contributed by atoms with E-state index in [1.807, 2.05) is 12.1 Å². The van der Waals surface area contributed by atoms with Crippen molar-refractivity contribution in [1.82, 2.24) is 4.98 Å². The summed E-state index contributed by atoms with van der Waals surface area (Å²) in [6, 6.07) is 8.90. The summed E-state index contributed by atoms with van der Waals surface area (Å²) >= 11 is 2.13. The van der Waals surface area contributed by atoms with Gasteiger partial charge in [-0.15, -0.1) is 14.6 Å². The van der Waals surface area contributed by atoms with Gasteiger partial charge in [0, 0.05) is 30.4 Å². The van der Waals surface area contributed by atoms with Crippen LogP contribution < -0.4 is 10.1 Å². The topological polar surface area (TPSA) is 127 Å². The average molecular weight is 452 g/mol. The van der Waals surface area contributed by atoms with Gasteiger partial charge in [0.25, 0.3) is 0 Å². The van der Waals surface area contributed by atoms with Gasteiger partial charge in [-0.3, -0.25) is 0 Å². The molecule has 0 fully saturated rings. The number of aryl methyl sites for hydroxylation is 1. The van der Waals surface area contributed by atoms with Crippen LogP contribution in [0.4, 0.5) is 22.2 Å². The van der Waals surface area contributed by atoms with Crippen molar-refractivity contribution in [3.05, 3.63) is 41.1 Å². The van der Waals surface area contributed by atoms with E-state index in [9.17, 15) is 10.4 Å². The van der Waals surface area contributed by atoms with Crippen molar-refractivity contribution < 1.29 is 25.1 Å². The van der Waals surface area contributed by atoms with Crippen molar-refractivity contribution in [2.75, 3.05) is 18.0 Å². The number of quaternary nitrogens is 1. The van der Waals surface area contributed by atoms with E-state index in [4.69, 9.17) is 5.26 Å². The third kappa shape index (κ3) is 5.11. The standard InChI is InChI=1S/C18H21N5O5S2/c1-4-22(5-2)12-6-7-13(17(9-12)30-28-27-26)20-21-18-19-14-10-15(23(24)25)11(3)8-16(14)29-18/h6-10,23-24,26H,4-5H2,1-3H3/b21-20+. The van der Waals surface area contributed by atoms with E-state index < -0.39 is 5.23 Å². The van der Waals surface area contributed by atoms with Gasteiger partial charge >= 0.3 is 0 Å². The van der Waals surface area contributed by atoms with Crippen molar-refractivity contribution in [3.8, 4) is 0 Å². The fourth-order valence-electron chi connectivity index (χ4n) is 2.92. The molecule has 3 aromatic rings. The number of fused-ring (bicyclic) bond motifs is 1. The molecule has 0 radical (unpaired) electrons. The highest BCUT2D eigenvalue weighted by Gasteiger charge is 2.13. The lowest BCUT2D eigenvalue weighted by molar-refractivity contribution is -0.991. The first-order valence-corrected chi connectivity index (χ1v) is 10.6. The molecule has 1 atom stereocenters. The zero-order valence-electron chi connectivity index (χ0n) is 16.5. The van der Waals surface area contributed by atoms with Crippen molar-refractivity contribution in [3.63, 3.8) is 0 Å². The number of aromatic nitrogens is 1. The van der Waals surface area contributed by atoms with E-state index in [1.54, 1.807) is 19.1 Å². The van der Waals surface area contributed by atoms with Gasteiger partial charge in [0.2, 0.25) is 5.13 Å². The van der Waals surface area contributed by atoms with Crippen molar-refractivity contribution in [2.24, 2.45) is 10.2 Å². The number of anilines is 1. The summed E-state index contributed by atoms with van der Waals surface area (Å²) in [5.74, 6) is 0. The second-order valence-corrected chi connectivity index (χ2v) is 7.94. The predicted octanol–water partition coefficient (Wildman–Crippen LogP) is 4.70. The molecule has 160 valence electrons. The maximum atomic E-state index is 11.3. The lowest BCUT2D eigenvalue weighted by Crippen LogP contribution is -2.99. The molecule has 1 aromatic heterocycles. The highest BCUT2D eigenvalue weighted by atomic mass is 32.2. The molecule has 0 saturated carbocycles. The molecule has 30 heavy (non-hydrogen) atoms. The smallest absolute Gasteiger partial charge is 0.231 e. The van der Waals surface area contributed by atoms with E-state index in [2.05, 4.69) is 43.3 Å². The predicted molar refractivity (Wildman–Crippen MR) is 115 cm³/mol. The van der Waals surface area contributed by atoms with Crippen molar-refractivity contribution in [1.29, 1.82) is 0 Å². The Morgan fingerprint density at radius 3 is 2.67 bits per heavy atom. The molecule has 1 unspecified atom stereocenters. The minimum Gasteiger partial charge on any atom is -0.595 e. The highest BCUT2D eigenvalue weighted by molar-refractivity contribution is 7.94. The summed E-state index contributed by atoms with van der Waals surface area (Å²) in [4.78, 5) is 7.11. The molecule has 12 heteroatoms. The second kappa shape index (κ2) is 10.2. The van der Waals surface area contributed by atoms with Crippen LogP contribution in [-0.2, 0) is 9.37 Å². The summed E-state index contributed by atoms with van der Waals surface area (Å²) < 4.78 is 5.42. The number of rotatable bonds is 9. The summed E-state index contributed by atoms with van der Waals surface area (Å²) in [6.45, 7) is 7.53. The minimum atomic E-state index is -0.994. The molecule has 0 aliphatic rings. The first kappa shape index (κ1) is 22.5. The fourth-order valence-corrected chi connectivity index (χ4v) is 4.26. The van der Waals surface area contributed by atoms with Gasteiger partial charge in [0.1, 0.15) is 5.69 Å². The molecule has 10 nitrogen and oxygen atoms in total. The molecule has 0 aliphatic heterocycles. The van der Waals surface area contributed by atoms with E-state index in [0.29, 0.717) is 26.8 Å². The van der Waals surface area contributed by atoms with Crippen LogP contribution in [0.25, 0.3) is 10.2 Å². The normalized spacial score (nSPS) is 12.7. The third-order valence-electron chi connectivity index (χ3n) is 4.42. The Kier molecular flexibility index (Phi) is 7.69. The zero-order valence-corrected chi connectivity index (χ0v) is 18.2. The Labute approximate surface area is 181 Å². The number of nitrogens with zero attached hydrogens (tertiary/aromatic N) is 4. The van der Waals surface area contributed by atoms with Crippen molar-refractivity contribution in [2.45, 2.75) is 25.7 Å². The van der Waals surface area contributed by atoms with Gasteiger partial charge in [-0.1, -0.05) is 16.4 Å². The Hall–Kier alpha value is -2.16. The van der Waals surface area contributed by atoms with Gasteiger partial charge in [0.05, 0.1) is 27.2 Å². The number of nitrogens with one attached hydrogen (secondary N) is 1. The van der Waals surface area contributed by atoms with Gasteiger partial charge < -0.3 is 10.1 Å². The average Bonchev–Trinajstić information content (AvgIpc) is 3.13. The van der Waals surface area contributed by atoms with Crippen molar-refractivity contribution >= 4 is 55.8 Å². The molecule has 0 saturated heterocycles. The van der Waals surface area contributed by atoms with Crippen LogP contribution >= 0.6 is 23.4 Å². The van der Waals surface area contributed by atoms with Gasteiger partial charge in [0.15, 0.2) is 5.69 Å². The van der Waals surface area contributed by atoms with Gasteiger partial charge in [-0.2, -0.15) is 5.23 Å². The van der Waals surface area contributed by atoms with Crippen LogP contribution in [0, 0.1) is 12.1 Å². The van der Waals surface area contributed by atoms with E-state index in [-0.39, 0.29) is 5.69 Å². The Balaban J connectivity index is 1.92. The van der Waals surface area contributed by atoms with E-state index in [1.165, 1.54) is 17.4 Å². The van der Waals surface area contributed by atoms with Crippen LogP contribution in [0.15, 0.2) is 45.5 Å². The summed E-state index contributed by atoms with van der Waals surface area (Å²) in [5.41, 5.74) is 2.91. The molecular weight excluding hydrogens is 430 g/mol. The Morgan fingerprint density at radius 2 is 2.00 bits per heavy atom. The molecule has 0 spiro atoms. The largest absolute Gasteiger partial charge is 0.595 e. The molecule has 0 aliphatic carbocycles. The third-order valence-corrected chi connectivity index (χ3v) is 5.96. The quantitative estimate of drug-likeness (QED) is 0.185. The molecule has 3 N–H and O–H groups in total. The van der Waals surface area contributed by atoms with Crippen LogP contribution in [0.2, 0.25) is 0 Å². The van der Waals surface area contributed by atoms with Crippen LogP contribution in [-0.4, -0.2) is 28.5 Å².